The van der Waals surface area contributed by atoms with Crippen molar-refractivity contribution in [1.29, 1.82) is 0 Å². The number of carbonyl (C=O) groups is 2. The van der Waals surface area contributed by atoms with Crippen molar-refractivity contribution < 1.29 is 14.3 Å². The summed E-state index contributed by atoms with van der Waals surface area (Å²) >= 11 is 1.05. The van der Waals surface area contributed by atoms with Crippen molar-refractivity contribution in [3.05, 3.63) is 65.7 Å². The van der Waals surface area contributed by atoms with E-state index in [0.717, 1.165) is 23.1 Å². The van der Waals surface area contributed by atoms with Crippen LogP contribution in [0.3, 0.4) is 0 Å². The van der Waals surface area contributed by atoms with Crippen molar-refractivity contribution in [2.24, 2.45) is 0 Å². The van der Waals surface area contributed by atoms with Crippen LogP contribution in [0.5, 0.6) is 5.75 Å². The summed E-state index contributed by atoms with van der Waals surface area (Å²) in [5, 5.41) is 1.71. The Hall–Kier alpha value is -2.27. The Morgan fingerprint density at radius 2 is 1.79 bits per heavy atom. The van der Waals surface area contributed by atoms with E-state index in [9.17, 15) is 9.59 Å². The Labute approximate surface area is 145 Å². The second-order valence-corrected chi connectivity index (χ2v) is 7.03. The molecule has 2 amide bonds. The van der Waals surface area contributed by atoms with Gasteiger partial charge in [0.1, 0.15) is 5.75 Å². The standard InChI is InChI=1S/C19H19NO3S/c1-13(15-5-3-2-4-6-15)12-23-16-9-7-14(8-10-16)11-17-18(21)20-19(22)24-17/h2-10,13,17H,11-12H2,1H3,(H,20,21,22). The average molecular weight is 341 g/mol. The zero-order valence-electron chi connectivity index (χ0n) is 13.4. The Morgan fingerprint density at radius 3 is 2.42 bits per heavy atom. The summed E-state index contributed by atoms with van der Waals surface area (Å²) in [6.07, 6.45) is 0.545. The summed E-state index contributed by atoms with van der Waals surface area (Å²) in [6.45, 7) is 2.75. The molecule has 0 spiro atoms. The summed E-state index contributed by atoms with van der Waals surface area (Å²) in [4.78, 5) is 22.8. The molecule has 2 unspecified atom stereocenters. The maximum Gasteiger partial charge on any atom is 0.286 e. The van der Waals surface area contributed by atoms with Crippen molar-refractivity contribution in [2.45, 2.75) is 24.5 Å². The minimum atomic E-state index is -0.331. The molecule has 24 heavy (non-hydrogen) atoms. The van der Waals surface area contributed by atoms with Crippen molar-refractivity contribution >= 4 is 22.9 Å². The van der Waals surface area contributed by atoms with Gasteiger partial charge in [0, 0.05) is 5.92 Å². The Kier molecular flexibility index (Phi) is 5.20. The van der Waals surface area contributed by atoms with Crippen LogP contribution in [0, 0.1) is 0 Å². The van der Waals surface area contributed by atoms with Crippen molar-refractivity contribution in [1.82, 2.24) is 5.32 Å². The molecule has 1 saturated heterocycles. The molecule has 2 aromatic rings. The number of nitrogens with one attached hydrogen (secondary N) is 1. The van der Waals surface area contributed by atoms with Gasteiger partial charge in [-0.25, -0.2) is 0 Å². The lowest BCUT2D eigenvalue weighted by Gasteiger charge is -2.14. The highest BCUT2D eigenvalue weighted by Gasteiger charge is 2.31. The normalized spacial score (nSPS) is 18.3. The van der Waals surface area contributed by atoms with Crippen LogP contribution in [0.4, 0.5) is 4.79 Å². The van der Waals surface area contributed by atoms with Gasteiger partial charge in [0.2, 0.25) is 5.91 Å². The van der Waals surface area contributed by atoms with E-state index in [4.69, 9.17) is 4.74 Å². The van der Waals surface area contributed by atoms with Crippen LogP contribution in [-0.4, -0.2) is 23.0 Å². The number of rotatable bonds is 6. The molecular formula is C19H19NO3S. The molecule has 5 heteroatoms. The fraction of sp³-hybridized carbons (Fsp3) is 0.263. The molecule has 0 aliphatic carbocycles. The third-order valence-corrected chi connectivity index (χ3v) is 4.96. The maximum absolute atomic E-state index is 11.6. The van der Waals surface area contributed by atoms with Crippen molar-refractivity contribution in [3.8, 4) is 5.75 Å². The first-order chi connectivity index (χ1) is 11.6. The van der Waals surface area contributed by atoms with Crippen molar-refractivity contribution in [3.63, 3.8) is 0 Å². The molecule has 2 atom stereocenters. The predicted molar refractivity (Wildman–Crippen MR) is 95.4 cm³/mol. The first kappa shape index (κ1) is 16.6. The largest absolute Gasteiger partial charge is 0.493 e. The summed E-state index contributed by atoms with van der Waals surface area (Å²) in [7, 11) is 0. The quantitative estimate of drug-likeness (QED) is 0.869. The number of thioether (sulfide) groups is 1. The van der Waals surface area contributed by atoms with Crippen LogP contribution < -0.4 is 10.1 Å². The SMILES string of the molecule is CC(COc1ccc(CC2SC(=O)NC2=O)cc1)c1ccccc1. The van der Waals surface area contributed by atoms with E-state index < -0.39 is 0 Å². The van der Waals surface area contributed by atoms with Crippen LogP contribution in [0.15, 0.2) is 54.6 Å². The number of imide groups is 1. The number of benzene rings is 2. The third kappa shape index (κ3) is 4.17. The molecule has 0 bridgehead atoms. The molecule has 4 nitrogen and oxygen atoms in total. The van der Waals surface area contributed by atoms with Crippen LogP contribution in [0.1, 0.15) is 24.0 Å². The van der Waals surface area contributed by atoms with Gasteiger partial charge in [0.25, 0.3) is 5.24 Å². The molecule has 0 radical (unpaired) electrons. The van der Waals surface area contributed by atoms with E-state index in [0.29, 0.717) is 18.9 Å². The molecule has 1 N–H and O–H groups in total. The number of amides is 2. The van der Waals surface area contributed by atoms with Gasteiger partial charge in [0.05, 0.1) is 11.9 Å². The number of hydrogen-bond donors (Lipinski definition) is 1. The fourth-order valence-corrected chi connectivity index (χ4v) is 3.42. The average Bonchev–Trinajstić information content (AvgIpc) is 2.92. The second kappa shape index (κ2) is 7.53. The maximum atomic E-state index is 11.6. The Bertz CT molecular complexity index is 715. The summed E-state index contributed by atoms with van der Waals surface area (Å²) < 4.78 is 5.85. The highest BCUT2D eigenvalue weighted by Crippen LogP contribution is 2.24. The Morgan fingerprint density at radius 1 is 1.08 bits per heavy atom. The first-order valence-electron chi connectivity index (χ1n) is 7.90. The van der Waals surface area contributed by atoms with Gasteiger partial charge in [-0.1, -0.05) is 61.2 Å². The minimum absolute atomic E-state index is 0.206. The number of hydrogen-bond acceptors (Lipinski definition) is 4. The van der Waals surface area contributed by atoms with Crippen LogP contribution in [0.2, 0.25) is 0 Å². The van der Waals surface area contributed by atoms with Crippen LogP contribution in [-0.2, 0) is 11.2 Å². The van der Waals surface area contributed by atoms with E-state index in [2.05, 4.69) is 24.4 Å². The zero-order chi connectivity index (χ0) is 16.9. The topological polar surface area (TPSA) is 55.4 Å². The second-order valence-electron chi connectivity index (χ2n) is 5.85. The summed E-state index contributed by atoms with van der Waals surface area (Å²) in [5.74, 6) is 0.915. The van der Waals surface area contributed by atoms with Gasteiger partial charge in [-0.05, 0) is 29.7 Å². The lowest BCUT2D eigenvalue weighted by Crippen LogP contribution is -2.25. The van der Waals surface area contributed by atoms with Gasteiger partial charge < -0.3 is 4.74 Å². The van der Waals surface area contributed by atoms with Gasteiger partial charge in [-0.2, -0.15) is 0 Å². The van der Waals surface area contributed by atoms with Gasteiger partial charge in [-0.3, -0.25) is 14.9 Å². The minimum Gasteiger partial charge on any atom is -0.493 e. The molecule has 0 aromatic heterocycles. The first-order valence-corrected chi connectivity index (χ1v) is 8.78. The smallest absolute Gasteiger partial charge is 0.286 e. The summed E-state index contributed by atoms with van der Waals surface area (Å²) in [6, 6.07) is 18.0. The fourth-order valence-electron chi connectivity index (χ4n) is 2.56. The van der Waals surface area contributed by atoms with E-state index in [1.165, 1.54) is 5.56 Å². The molecule has 124 valence electrons. The number of carbonyl (C=O) groups excluding carboxylic acids is 2. The van der Waals surface area contributed by atoms with E-state index >= 15 is 0 Å². The third-order valence-electron chi connectivity index (χ3n) is 3.98. The number of ether oxygens (including phenoxy) is 1. The molecule has 0 saturated carbocycles. The molecule has 1 aliphatic heterocycles. The van der Waals surface area contributed by atoms with Gasteiger partial charge in [0.15, 0.2) is 0 Å². The Balaban J connectivity index is 1.53. The van der Waals surface area contributed by atoms with Gasteiger partial charge >= 0.3 is 0 Å². The zero-order valence-corrected chi connectivity index (χ0v) is 14.2. The molecule has 1 aliphatic rings. The van der Waals surface area contributed by atoms with E-state index in [1.807, 2.05) is 42.5 Å². The highest BCUT2D eigenvalue weighted by atomic mass is 32.2. The predicted octanol–water partition coefficient (Wildman–Crippen LogP) is 3.76. The lowest BCUT2D eigenvalue weighted by molar-refractivity contribution is -0.118. The molecule has 1 fully saturated rings. The van der Waals surface area contributed by atoms with Crippen LogP contribution in [0.25, 0.3) is 0 Å². The summed E-state index contributed by atoms with van der Waals surface area (Å²) in [5.41, 5.74) is 2.27. The monoisotopic (exact) mass is 341 g/mol. The molecule has 3 rings (SSSR count). The van der Waals surface area contributed by atoms with E-state index in [-0.39, 0.29) is 16.4 Å². The molecule has 1 heterocycles. The molecular weight excluding hydrogens is 322 g/mol. The molecule has 2 aromatic carbocycles. The lowest BCUT2D eigenvalue weighted by atomic mass is 10.0. The van der Waals surface area contributed by atoms with Crippen molar-refractivity contribution in [2.75, 3.05) is 6.61 Å². The van der Waals surface area contributed by atoms with Crippen LogP contribution >= 0.6 is 11.8 Å². The highest BCUT2D eigenvalue weighted by molar-refractivity contribution is 8.15. The van der Waals surface area contributed by atoms with Gasteiger partial charge in [-0.15, -0.1) is 0 Å². The van der Waals surface area contributed by atoms with E-state index in [1.54, 1.807) is 0 Å².